The molecule has 2 aliphatic carbocycles. The van der Waals surface area contributed by atoms with E-state index in [0.29, 0.717) is 5.69 Å². The first-order valence-corrected chi connectivity index (χ1v) is 14.4. The van der Waals surface area contributed by atoms with E-state index in [9.17, 15) is 44.7 Å². The van der Waals surface area contributed by atoms with Crippen LogP contribution >= 0.6 is 0 Å². The molecule has 9 nitrogen and oxygen atoms in total. The fraction of sp³-hybridized carbons (Fsp3) is 0.607. The second-order valence-electron chi connectivity index (χ2n) is 11.7. The molecule has 3 heterocycles. The Balaban J connectivity index is 1.49. The number of fused-ring (bicyclic) bond motifs is 1. The third-order valence-electron chi connectivity index (χ3n) is 8.25. The summed E-state index contributed by atoms with van der Waals surface area (Å²) in [4.78, 5) is 33.9. The van der Waals surface area contributed by atoms with Crippen molar-refractivity contribution in [1.29, 1.82) is 0 Å². The van der Waals surface area contributed by atoms with Crippen LogP contribution in [0.4, 0.5) is 35.1 Å². The largest absolute Gasteiger partial charge is 0.389 e. The second kappa shape index (κ2) is 12.2. The van der Waals surface area contributed by atoms with Gasteiger partial charge in [-0.15, -0.1) is 0 Å². The second-order valence-corrected chi connectivity index (χ2v) is 11.7. The Morgan fingerprint density at radius 3 is 2.24 bits per heavy atom. The van der Waals surface area contributed by atoms with Gasteiger partial charge in [0.2, 0.25) is 17.6 Å². The summed E-state index contributed by atoms with van der Waals surface area (Å²) in [5, 5.41) is 6.33. The van der Waals surface area contributed by atoms with Gasteiger partial charge in [-0.05, 0) is 43.6 Å². The van der Waals surface area contributed by atoms with Gasteiger partial charge in [0, 0.05) is 44.5 Å². The molecule has 0 saturated heterocycles. The van der Waals surface area contributed by atoms with Crippen LogP contribution in [0.25, 0.3) is 5.78 Å². The van der Waals surface area contributed by atoms with Crippen LogP contribution in [0.2, 0.25) is 0 Å². The molecule has 0 spiro atoms. The van der Waals surface area contributed by atoms with E-state index in [4.69, 9.17) is 10.3 Å². The molecule has 17 heteroatoms. The van der Waals surface area contributed by atoms with E-state index in [1.165, 1.54) is 10.6 Å². The van der Waals surface area contributed by atoms with Gasteiger partial charge in [-0.2, -0.15) is 26.3 Å². The Morgan fingerprint density at radius 2 is 1.64 bits per heavy atom. The number of hydrogen-bond acceptors (Lipinski definition) is 6. The van der Waals surface area contributed by atoms with E-state index >= 15 is 0 Å². The summed E-state index contributed by atoms with van der Waals surface area (Å²) >= 11 is 0. The van der Waals surface area contributed by atoms with Gasteiger partial charge in [-0.25, -0.2) is 18.7 Å². The summed E-state index contributed by atoms with van der Waals surface area (Å²) in [6, 6.07) is 0.902. The van der Waals surface area contributed by atoms with Crippen molar-refractivity contribution in [2.45, 2.75) is 94.4 Å². The number of halogens is 8. The monoisotopic (exact) mass is 650 g/mol. The van der Waals surface area contributed by atoms with E-state index in [-0.39, 0.29) is 47.2 Å². The maximum Gasteiger partial charge on any atom is 0.389 e. The first-order valence-electron chi connectivity index (χ1n) is 14.4. The van der Waals surface area contributed by atoms with Gasteiger partial charge in [0.05, 0.1) is 35.5 Å². The third-order valence-corrected chi connectivity index (χ3v) is 8.25. The fourth-order valence-electron chi connectivity index (χ4n) is 5.82. The summed E-state index contributed by atoms with van der Waals surface area (Å²) < 4.78 is 112. The Bertz CT molecular complexity index is 1540. The Kier molecular flexibility index (Phi) is 8.83. The number of nitrogens with two attached hydrogens (primary N) is 1. The van der Waals surface area contributed by atoms with Crippen LogP contribution in [0.5, 0.6) is 0 Å². The fourth-order valence-corrected chi connectivity index (χ4v) is 5.82. The molecule has 2 saturated carbocycles. The summed E-state index contributed by atoms with van der Waals surface area (Å²) in [7, 11) is 0. The Hall–Kier alpha value is -3.79. The lowest BCUT2D eigenvalue weighted by molar-refractivity contribution is -0.144. The molecule has 246 valence electrons. The van der Waals surface area contributed by atoms with E-state index in [1.807, 2.05) is 0 Å². The van der Waals surface area contributed by atoms with E-state index in [0.717, 1.165) is 12.8 Å². The van der Waals surface area contributed by atoms with Gasteiger partial charge in [0.25, 0.3) is 5.91 Å². The summed E-state index contributed by atoms with van der Waals surface area (Å²) in [5.74, 6) is -6.45. The average molecular weight is 651 g/mol. The van der Waals surface area contributed by atoms with Crippen LogP contribution in [0, 0.1) is 11.8 Å². The first kappa shape index (κ1) is 32.6. The van der Waals surface area contributed by atoms with Crippen LogP contribution in [0.1, 0.15) is 103 Å². The van der Waals surface area contributed by atoms with Crippen molar-refractivity contribution >= 4 is 17.6 Å². The van der Waals surface area contributed by atoms with Gasteiger partial charge in [-0.3, -0.25) is 14.0 Å². The number of alkyl halides is 8. The van der Waals surface area contributed by atoms with Crippen molar-refractivity contribution in [3.8, 4) is 0 Å². The first-order chi connectivity index (χ1) is 21.0. The van der Waals surface area contributed by atoms with Crippen molar-refractivity contribution in [1.82, 2.24) is 24.8 Å². The highest BCUT2D eigenvalue weighted by Crippen LogP contribution is 2.46. The lowest BCUT2D eigenvalue weighted by Crippen LogP contribution is -2.31. The number of primary amides is 1. The topological polar surface area (TPSA) is 128 Å². The number of aromatic nitrogens is 4. The van der Waals surface area contributed by atoms with Crippen molar-refractivity contribution in [3.05, 3.63) is 46.9 Å². The number of carbonyl (C=O) groups is 2. The minimum absolute atomic E-state index is 0.0191. The van der Waals surface area contributed by atoms with Crippen molar-refractivity contribution < 1.29 is 49.2 Å². The summed E-state index contributed by atoms with van der Waals surface area (Å²) in [5.41, 5.74) is 5.46. The predicted molar refractivity (Wildman–Crippen MR) is 140 cm³/mol. The lowest BCUT2D eigenvalue weighted by atomic mass is 9.75. The molecule has 2 amide bonds. The number of nitrogens with zero attached hydrogens (tertiary/aromatic N) is 4. The molecule has 0 unspecified atom stereocenters. The smallest absolute Gasteiger partial charge is 0.365 e. The summed E-state index contributed by atoms with van der Waals surface area (Å²) in [6.45, 7) is 0. The van der Waals surface area contributed by atoms with E-state index < -0.39 is 86.5 Å². The van der Waals surface area contributed by atoms with Crippen LogP contribution in [-0.4, -0.2) is 49.6 Å². The van der Waals surface area contributed by atoms with Crippen LogP contribution < -0.4 is 11.1 Å². The Labute approximate surface area is 250 Å². The number of rotatable bonds is 11. The molecule has 3 N–H and O–H groups in total. The molecular weight excluding hydrogens is 620 g/mol. The summed E-state index contributed by atoms with van der Waals surface area (Å²) in [6.07, 6.45) is -9.49. The van der Waals surface area contributed by atoms with Crippen molar-refractivity contribution in [2.75, 3.05) is 0 Å². The standard InChI is InChI=1S/C28H30F8N6O3/c29-26(30)8-3-14(4-9-26)20(23-21(24(37)44)16(41-45-23)5-10-27(31,32)33)18-13-42-12-7-17(38-25(42)39-18)22(15-1-2-15)40-19(43)6-11-28(34,35)36/h7,12-15,20,22H,1-6,8-11H2,(H2,37,44)(H,40,43)/t20-,22+/m0/s1. The van der Waals surface area contributed by atoms with E-state index in [2.05, 4.69) is 20.4 Å². The third kappa shape index (κ3) is 8.09. The SMILES string of the molecule is NC(=O)c1c(CCC(F)(F)F)noc1[C@H](c1cn2ccc([C@H](NC(=O)CCC(F)(F)F)C3CC3)nc2n1)C1CCC(F)(F)CC1. The molecule has 2 atom stereocenters. The molecule has 0 radical (unpaired) electrons. The van der Waals surface area contributed by atoms with Crippen LogP contribution in [0.15, 0.2) is 23.0 Å². The molecule has 0 aromatic carbocycles. The zero-order valence-electron chi connectivity index (χ0n) is 23.7. The van der Waals surface area contributed by atoms with Crippen LogP contribution in [0.3, 0.4) is 0 Å². The maximum atomic E-state index is 14.1. The highest BCUT2D eigenvalue weighted by atomic mass is 19.4. The number of carbonyl (C=O) groups excluding carboxylic acids is 2. The zero-order chi connectivity index (χ0) is 32.7. The molecular formula is C28H30F8N6O3. The van der Waals surface area contributed by atoms with Gasteiger partial charge in [0.15, 0.2) is 5.76 Å². The molecule has 3 aromatic rings. The minimum atomic E-state index is -4.55. The number of aryl methyl sites for hydroxylation is 1. The van der Waals surface area contributed by atoms with Crippen molar-refractivity contribution in [2.24, 2.45) is 17.6 Å². The molecule has 5 rings (SSSR count). The van der Waals surface area contributed by atoms with Crippen LogP contribution in [-0.2, 0) is 11.2 Å². The Morgan fingerprint density at radius 1 is 1.00 bits per heavy atom. The van der Waals surface area contributed by atoms with Gasteiger partial charge in [0.1, 0.15) is 5.56 Å². The normalized spacial score (nSPS) is 19.0. The number of imidazole rings is 1. The van der Waals surface area contributed by atoms with Gasteiger partial charge < -0.3 is 15.6 Å². The molecule has 0 bridgehead atoms. The average Bonchev–Trinajstić information content (AvgIpc) is 3.55. The highest BCUT2D eigenvalue weighted by molar-refractivity contribution is 5.95. The molecule has 2 fully saturated rings. The van der Waals surface area contributed by atoms with Gasteiger partial charge in [-0.1, -0.05) is 5.16 Å². The highest BCUT2D eigenvalue weighted by Gasteiger charge is 2.43. The van der Waals surface area contributed by atoms with Gasteiger partial charge >= 0.3 is 12.4 Å². The lowest BCUT2D eigenvalue weighted by Gasteiger charge is -2.32. The van der Waals surface area contributed by atoms with Crippen molar-refractivity contribution in [3.63, 3.8) is 0 Å². The quantitative estimate of drug-likeness (QED) is 0.239. The van der Waals surface area contributed by atoms with E-state index in [1.54, 1.807) is 12.3 Å². The number of amides is 2. The molecule has 2 aliphatic rings. The molecule has 45 heavy (non-hydrogen) atoms. The number of hydrogen-bond donors (Lipinski definition) is 2. The maximum absolute atomic E-state index is 14.1. The molecule has 3 aromatic heterocycles. The molecule has 0 aliphatic heterocycles. The predicted octanol–water partition coefficient (Wildman–Crippen LogP) is 6.18. The zero-order valence-corrected chi connectivity index (χ0v) is 23.7. The number of nitrogens with one attached hydrogen (secondary N) is 1. The minimum Gasteiger partial charge on any atom is -0.365 e.